The van der Waals surface area contributed by atoms with Crippen molar-refractivity contribution in [3.05, 3.63) is 29.8 Å². The fraction of sp³-hybridized carbons (Fsp3) is 0.562. The normalized spacial score (nSPS) is 12.8. The molecule has 0 fully saturated rings. The van der Waals surface area contributed by atoms with Crippen LogP contribution < -0.4 is 10.1 Å². The molecule has 0 bridgehead atoms. The molecule has 1 unspecified atom stereocenters. The standard InChI is InChI=1S/C16H24N2O2/c1-16(2,3)10-14(19)12-18-11-13-4-6-15(7-5-13)20-9-8-17/h4-7,14,18-19H,9-12H2,1-3H3. The number of nitrogens with zero attached hydrogens (tertiary/aromatic N) is 1. The van der Waals surface area contributed by atoms with Crippen LogP contribution in [-0.4, -0.2) is 24.4 Å². The summed E-state index contributed by atoms with van der Waals surface area (Å²) >= 11 is 0. The molecule has 0 amide bonds. The number of nitriles is 1. The zero-order chi connectivity index (χ0) is 15.0. The lowest BCUT2D eigenvalue weighted by Gasteiger charge is -2.22. The maximum Gasteiger partial charge on any atom is 0.174 e. The molecule has 0 saturated carbocycles. The Balaban J connectivity index is 2.30. The van der Waals surface area contributed by atoms with E-state index in [1.807, 2.05) is 30.3 Å². The molecule has 0 aliphatic heterocycles. The van der Waals surface area contributed by atoms with Crippen molar-refractivity contribution >= 4 is 0 Å². The Morgan fingerprint density at radius 2 is 1.95 bits per heavy atom. The van der Waals surface area contributed by atoms with Crippen LogP contribution in [0.1, 0.15) is 32.8 Å². The molecular weight excluding hydrogens is 252 g/mol. The SMILES string of the molecule is CC(C)(C)CC(O)CNCc1ccc(OCC#N)cc1. The highest BCUT2D eigenvalue weighted by atomic mass is 16.5. The van der Waals surface area contributed by atoms with E-state index in [1.54, 1.807) is 0 Å². The maximum atomic E-state index is 9.89. The fourth-order valence-electron chi connectivity index (χ4n) is 1.98. The summed E-state index contributed by atoms with van der Waals surface area (Å²) < 4.78 is 5.19. The molecule has 1 atom stereocenters. The van der Waals surface area contributed by atoms with Gasteiger partial charge in [0, 0.05) is 13.1 Å². The van der Waals surface area contributed by atoms with Crippen LogP contribution in [0.2, 0.25) is 0 Å². The van der Waals surface area contributed by atoms with E-state index in [-0.39, 0.29) is 18.1 Å². The molecule has 1 rings (SSSR count). The van der Waals surface area contributed by atoms with Crippen molar-refractivity contribution in [2.45, 2.75) is 39.8 Å². The number of hydrogen-bond donors (Lipinski definition) is 2. The highest BCUT2D eigenvalue weighted by Crippen LogP contribution is 2.20. The van der Waals surface area contributed by atoms with Gasteiger partial charge in [-0.2, -0.15) is 5.26 Å². The van der Waals surface area contributed by atoms with Gasteiger partial charge in [-0.15, -0.1) is 0 Å². The number of ether oxygens (including phenoxy) is 1. The number of aliphatic hydroxyl groups is 1. The smallest absolute Gasteiger partial charge is 0.174 e. The number of benzene rings is 1. The Morgan fingerprint density at radius 1 is 1.30 bits per heavy atom. The molecule has 1 aromatic rings. The van der Waals surface area contributed by atoms with Gasteiger partial charge in [-0.3, -0.25) is 0 Å². The van der Waals surface area contributed by atoms with Gasteiger partial charge in [0.05, 0.1) is 6.10 Å². The van der Waals surface area contributed by atoms with E-state index in [9.17, 15) is 5.11 Å². The maximum absolute atomic E-state index is 9.89. The summed E-state index contributed by atoms with van der Waals surface area (Å²) in [4.78, 5) is 0. The second-order valence-corrected chi connectivity index (χ2v) is 6.14. The van der Waals surface area contributed by atoms with Crippen molar-refractivity contribution in [1.29, 1.82) is 5.26 Å². The van der Waals surface area contributed by atoms with Gasteiger partial charge in [-0.25, -0.2) is 0 Å². The third-order valence-electron chi connectivity index (χ3n) is 2.78. The van der Waals surface area contributed by atoms with Gasteiger partial charge in [0.1, 0.15) is 11.8 Å². The van der Waals surface area contributed by atoms with Crippen LogP contribution in [0, 0.1) is 16.7 Å². The van der Waals surface area contributed by atoms with E-state index in [2.05, 4.69) is 26.1 Å². The summed E-state index contributed by atoms with van der Waals surface area (Å²) in [5.74, 6) is 0.697. The van der Waals surface area contributed by atoms with Crippen LogP contribution >= 0.6 is 0 Å². The highest BCUT2D eigenvalue weighted by Gasteiger charge is 2.16. The molecule has 0 aliphatic carbocycles. The molecule has 0 aromatic heterocycles. The quantitative estimate of drug-likeness (QED) is 0.803. The Hall–Kier alpha value is -1.57. The largest absolute Gasteiger partial charge is 0.479 e. The topological polar surface area (TPSA) is 65.3 Å². The molecule has 110 valence electrons. The van der Waals surface area contributed by atoms with Crippen molar-refractivity contribution in [2.75, 3.05) is 13.2 Å². The van der Waals surface area contributed by atoms with E-state index >= 15 is 0 Å². The van der Waals surface area contributed by atoms with Gasteiger partial charge in [0.2, 0.25) is 0 Å². The van der Waals surface area contributed by atoms with Crippen molar-refractivity contribution in [3.63, 3.8) is 0 Å². The number of aliphatic hydroxyl groups excluding tert-OH is 1. The van der Waals surface area contributed by atoms with Crippen LogP contribution in [0.5, 0.6) is 5.75 Å². The first-order valence-electron chi connectivity index (χ1n) is 6.88. The first-order chi connectivity index (χ1) is 9.40. The second-order valence-electron chi connectivity index (χ2n) is 6.14. The fourth-order valence-corrected chi connectivity index (χ4v) is 1.98. The Kier molecular flexibility index (Phi) is 6.50. The van der Waals surface area contributed by atoms with E-state index in [0.717, 1.165) is 12.0 Å². The van der Waals surface area contributed by atoms with Crippen LogP contribution in [0.15, 0.2) is 24.3 Å². The number of nitrogens with one attached hydrogen (secondary N) is 1. The Bertz CT molecular complexity index is 429. The van der Waals surface area contributed by atoms with Gasteiger partial charge in [0.15, 0.2) is 6.61 Å². The zero-order valence-electron chi connectivity index (χ0n) is 12.5. The van der Waals surface area contributed by atoms with Crippen molar-refractivity contribution in [3.8, 4) is 11.8 Å². The first-order valence-corrected chi connectivity index (χ1v) is 6.88. The molecular formula is C16H24N2O2. The van der Waals surface area contributed by atoms with Crippen molar-refractivity contribution in [1.82, 2.24) is 5.32 Å². The minimum Gasteiger partial charge on any atom is -0.479 e. The molecule has 4 nitrogen and oxygen atoms in total. The number of rotatable bonds is 7. The molecule has 4 heteroatoms. The van der Waals surface area contributed by atoms with E-state index < -0.39 is 0 Å². The van der Waals surface area contributed by atoms with Gasteiger partial charge in [0.25, 0.3) is 0 Å². The van der Waals surface area contributed by atoms with Crippen molar-refractivity contribution < 1.29 is 9.84 Å². The van der Waals surface area contributed by atoms with Gasteiger partial charge in [-0.1, -0.05) is 32.9 Å². The van der Waals surface area contributed by atoms with Crippen LogP contribution in [0.4, 0.5) is 0 Å². The molecule has 0 saturated heterocycles. The second kappa shape index (κ2) is 7.88. The van der Waals surface area contributed by atoms with E-state index in [0.29, 0.717) is 18.8 Å². The summed E-state index contributed by atoms with van der Waals surface area (Å²) in [5, 5.41) is 21.6. The Labute approximate surface area is 121 Å². The summed E-state index contributed by atoms with van der Waals surface area (Å²) in [6, 6.07) is 9.54. The number of hydrogen-bond acceptors (Lipinski definition) is 4. The molecule has 20 heavy (non-hydrogen) atoms. The van der Waals surface area contributed by atoms with Gasteiger partial charge >= 0.3 is 0 Å². The molecule has 0 spiro atoms. The lowest BCUT2D eigenvalue weighted by molar-refractivity contribution is 0.119. The predicted molar refractivity (Wildman–Crippen MR) is 79.3 cm³/mol. The van der Waals surface area contributed by atoms with Crippen LogP contribution in [0.3, 0.4) is 0 Å². The third-order valence-corrected chi connectivity index (χ3v) is 2.78. The minimum absolute atomic E-state index is 0.0661. The lowest BCUT2D eigenvalue weighted by Crippen LogP contribution is -2.29. The lowest BCUT2D eigenvalue weighted by atomic mass is 9.89. The average molecular weight is 276 g/mol. The van der Waals surface area contributed by atoms with Crippen LogP contribution in [-0.2, 0) is 6.54 Å². The predicted octanol–water partition coefficient (Wildman–Crippen LogP) is 2.48. The summed E-state index contributed by atoms with van der Waals surface area (Å²) in [6.07, 6.45) is 0.453. The minimum atomic E-state index is -0.326. The molecule has 1 aromatic carbocycles. The first kappa shape index (κ1) is 16.5. The zero-order valence-corrected chi connectivity index (χ0v) is 12.5. The molecule has 0 radical (unpaired) electrons. The monoisotopic (exact) mass is 276 g/mol. The molecule has 0 aliphatic rings. The van der Waals surface area contributed by atoms with Gasteiger partial charge in [-0.05, 0) is 29.5 Å². The highest BCUT2D eigenvalue weighted by molar-refractivity contribution is 5.27. The summed E-state index contributed by atoms with van der Waals surface area (Å²) in [5.41, 5.74) is 1.26. The Morgan fingerprint density at radius 3 is 2.50 bits per heavy atom. The average Bonchev–Trinajstić information content (AvgIpc) is 2.35. The summed E-state index contributed by atoms with van der Waals surface area (Å²) in [6.45, 7) is 7.73. The van der Waals surface area contributed by atoms with E-state index in [1.165, 1.54) is 0 Å². The third kappa shape index (κ3) is 7.13. The van der Waals surface area contributed by atoms with Gasteiger partial charge < -0.3 is 15.2 Å². The van der Waals surface area contributed by atoms with E-state index in [4.69, 9.17) is 10.00 Å². The summed E-state index contributed by atoms with van der Waals surface area (Å²) in [7, 11) is 0. The molecule has 0 heterocycles. The molecule has 2 N–H and O–H groups in total. The van der Waals surface area contributed by atoms with Crippen molar-refractivity contribution in [2.24, 2.45) is 5.41 Å². The van der Waals surface area contributed by atoms with Crippen LogP contribution in [0.25, 0.3) is 0 Å².